The van der Waals surface area contributed by atoms with Crippen LogP contribution < -0.4 is 0 Å². The summed E-state index contributed by atoms with van der Waals surface area (Å²) in [5, 5.41) is 0. The van der Waals surface area contributed by atoms with Gasteiger partial charge in [-0.05, 0) is 23.7 Å². The third kappa shape index (κ3) is 2.12. The Morgan fingerprint density at radius 1 is 0.857 bits per heavy atom. The van der Waals surface area contributed by atoms with Gasteiger partial charge in [0.25, 0.3) is 0 Å². The van der Waals surface area contributed by atoms with Crippen LogP contribution in [0.1, 0.15) is 40.5 Å². The van der Waals surface area contributed by atoms with Crippen LogP contribution in [-0.2, 0) is 9.47 Å². The van der Waals surface area contributed by atoms with Crippen LogP contribution in [0.5, 0.6) is 0 Å². The first kappa shape index (κ1) is 12.0. The van der Waals surface area contributed by atoms with Gasteiger partial charge in [-0.15, -0.1) is 0 Å². The number of ether oxygens (including phenoxy) is 2. The second-order valence-corrected chi connectivity index (χ2v) is 5.86. The van der Waals surface area contributed by atoms with Crippen LogP contribution in [0.15, 0.2) is 0 Å². The summed E-state index contributed by atoms with van der Waals surface area (Å²) in [6, 6.07) is 0. The average molecular weight is 200 g/mol. The molecule has 0 radical (unpaired) electrons. The molecule has 0 spiro atoms. The summed E-state index contributed by atoms with van der Waals surface area (Å²) in [4.78, 5) is 0. The van der Waals surface area contributed by atoms with E-state index >= 15 is 0 Å². The maximum absolute atomic E-state index is 5.66. The van der Waals surface area contributed by atoms with Gasteiger partial charge in [0.1, 0.15) is 0 Å². The molecule has 1 rings (SSSR count). The van der Waals surface area contributed by atoms with Crippen LogP contribution in [0, 0.1) is 10.8 Å². The van der Waals surface area contributed by atoms with Gasteiger partial charge in [-0.1, -0.05) is 27.7 Å². The van der Waals surface area contributed by atoms with E-state index in [4.69, 9.17) is 9.47 Å². The van der Waals surface area contributed by atoms with E-state index in [1.54, 1.807) is 0 Å². The van der Waals surface area contributed by atoms with E-state index in [0.717, 1.165) is 12.8 Å². The third-order valence-corrected chi connectivity index (χ3v) is 3.50. The second-order valence-electron chi connectivity index (χ2n) is 5.86. The van der Waals surface area contributed by atoms with Crippen LogP contribution in [-0.4, -0.2) is 26.4 Å². The maximum Gasteiger partial charge on any atom is 0.0674 e. The topological polar surface area (TPSA) is 18.5 Å². The molecule has 0 heterocycles. The number of hydrogen-bond acceptors (Lipinski definition) is 2. The number of hydrogen-bond donors (Lipinski definition) is 0. The van der Waals surface area contributed by atoms with Gasteiger partial charge in [-0.3, -0.25) is 0 Å². The lowest BCUT2D eigenvalue weighted by atomic mass is 9.62. The summed E-state index contributed by atoms with van der Waals surface area (Å²) >= 11 is 0. The molecule has 84 valence electrons. The molecule has 0 aromatic heterocycles. The molecule has 2 nitrogen and oxygen atoms in total. The number of rotatable bonds is 2. The fraction of sp³-hybridized carbons (Fsp3) is 1.00. The average Bonchev–Trinajstić information content (AvgIpc) is 2.00. The summed E-state index contributed by atoms with van der Waals surface area (Å²) < 4.78 is 11.2. The Morgan fingerprint density at radius 2 is 1.29 bits per heavy atom. The van der Waals surface area contributed by atoms with Crippen LogP contribution in [0.4, 0.5) is 0 Å². The molecule has 0 atom stereocenters. The van der Waals surface area contributed by atoms with E-state index in [0.29, 0.717) is 12.2 Å². The van der Waals surface area contributed by atoms with Gasteiger partial charge in [0, 0.05) is 14.2 Å². The summed E-state index contributed by atoms with van der Waals surface area (Å²) in [6.45, 7) is 9.09. The normalized spacial score (nSPS) is 35.6. The minimum atomic E-state index is 0.206. The van der Waals surface area contributed by atoms with E-state index < -0.39 is 0 Å². The first-order chi connectivity index (χ1) is 6.33. The van der Waals surface area contributed by atoms with Crippen molar-refractivity contribution in [3.8, 4) is 0 Å². The molecule has 1 saturated carbocycles. The highest BCUT2D eigenvalue weighted by Crippen LogP contribution is 2.48. The Labute approximate surface area is 88.0 Å². The lowest BCUT2D eigenvalue weighted by Crippen LogP contribution is -2.51. The minimum Gasteiger partial charge on any atom is -0.381 e. The van der Waals surface area contributed by atoms with E-state index in [9.17, 15) is 0 Å². The van der Waals surface area contributed by atoms with E-state index in [2.05, 4.69) is 27.7 Å². The Bertz CT molecular complexity index is 178. The summed E-state index contributed by atoms with van der Waals surface area (Å²) in [6.07, 6.45) is 2.88. The van der Waals surface area contributed by atoms with Crippen molar-refractivity contribution in [1.29, 1.82) is 0 Å². The molecule has 1 aliphatic rings. The molecule has 0 N–H and O–H groups in total. The zero-order chi connectivity index (χ0) is 11.0. The van der Waals surface area contributed by atoms with Gasteiger partial charge in [0.2, 0.25) is 0 Å². The first-order valence-corrected chi connectivity index (χ1v) is 5.39. The van der Waals surface area contributed by atoms with Crippen LogP contribution in [0.25, 0.3) is 0 Å². The SMILES string of the molecule is COC1CC(C)(C)C(OC)C(C)(C)C1. The predicted molar refractivity (Wildman–Crippen MR) is 58.4 cm³/mol. The van der Waals surface area contributed by atoms with Gasteiger partial charge in [-0.2, -0.15) is 0 Å². The van der Waals surface area contributed by atoms with Gasteiger partial charge >= 0.3 is 0 Å². The Balaban J connectivity index is 2.87. The highest BCUT2D eigenvalue weighted by atomic mass is 16.5. The smallest absolute Gasteiger partial charge is 0.0674 e. The lowest BCUT2D eigenvalue weighted by molar-refractivity contribution is -0.141. The van der Waals surface area contributed by atoms with Gasteiger partial charge in [0.05, 0.1) is 12.2 Å². The minimum absolute atomic E-state index is 0.206. The fourth-order valence-corrected chi connectivity index (χ4v) is 3.32. The summed E-state index contributed by atoms with van der Waals surface area (Å²) in [7, 11) is 3.63. The Morgan fingerprint density at radius 3 is 1.57 bits per heavy atom. The van der Waals surface area contributed by atoms with E-state index in [1.807, 2.05) is 14.2 Å². The third-order valence-electron chi connectivity index (χ3n) is 3.50. The second kappa shape index (κ2) is 3.82. The number of methoxy groups -OCH3 is 2. The van der Waals surface area contributed by atoms with Crippen molar-refractivity contribution in [2.75, 3.05) is 14.2 Å². The van der Waals surface area contributed by atoms with Gasteiger partial charge in [-0.25, -0.2) is 0 Å². The largest absolute Gasteiger partial charge is 0.381 e. The molecular formula is C12H24O2. The molecule has 1 aliphatic carbocycles. The molecular weight excluding hydrogens is 176 g/mol. The molecule has 14 heavy (non-hydrogen) atoms. The van der Waals surface area contributed by atoms with Crippen molar-refractivity contribution < 1.29 is 9.47 Å². The van der Waals surface area contributed by atoms with Gasteiger partial charge < -0.3 is 9.47 Å². The molecule has 1 fully saturated rings. The first-order valence-electron chi connectivity index (χ1n) is 5.39. The highest BCUT2D eigenvalue weighted by molar-refractivity contribution is 4.98. The predicted octanol–water partition coefficient (Wildman–Crippen LogP) is 2.86. The zero-order valence-corrected chi connectivity index (χ0v) is 10.4. The van der Waals surface area contributed by atoms with Crippen molar-refractivity contribution in [2.24, 2.45) is 10.8 Å². The van der Waals surface area contributed by atoms with Crippen LogP contribution >= 0.6 is 0 Å². The molecule has 0 amide bonds. The standard InChI is InChI=1S/C12H24O2/c1-11(2)7-9(13-5)8-12(3,4)10(11)14-6/h9-10H,7-8H2,1-6H3. The van der Waals surface area contributed by atoms with Crippen molar-refractivity contribution >= 4 is 0 Å². The molecule has 0 aromatic rings. The monoisotopic (exact) mass is 200 g/mol. The lowest BCUT2D eigenvalue weighted by Gasteiger charge is -2.50. The molecule has 0 bridgehead atoms. The molecule has 0 saturated heterocycles. The van der Waals surface area contributed by atoms with Crippen molar-refractivity contribution in [3.63, 3.8) is 0 Å². The van der Waals surface area contributed by atoms with Crippen molar-refractivity contribution in [2.45, 2.75) is 52.7 Å². The highest BCUT2D eigenvalue weighted by Gasteiger charge is 2.47. The molecule has 2 heteroatoms. The maximum atomic E-state index is 5.66. The Kier molecular flexibility index (Phi) is 3.27. The summed E-state index contributed by atoms with van der Waals surface area (Å²) in [5.74, 6) is 0. The van der Waals surface area contributed by atoms with Gasteiger partial charge in [0.15, 0.2) is 0 Å². The van der Waals surface area contributed by atoms with Crippen molar-refractivity contribution in [1.82, 2.24) is 0 Å². The molecule has 0 aliphatic heterocycles. The zero-order valence-electron chi connectivity index (χ0n) is 10.4. The summed E-state index contributed by atoms with van der Waals surface area (Å²) in [5.41, 5.74) is 0.411. The fourth-order valence-electron chi connectivity index (χ4n) is 3.32. The van der Waals surface area contributed by atoms with Crippen molar-refractivity contribution in [3.05, 3.63) is 0 Å². The Hall–Kier alpha value is -0.0800. The van der Waals surface area contributed by atoms with E-state index in [-0.39, 0.29) is 10.8 Å². The van der Waals surface area contributed by atoms with Crippen LogP contribution in [0.2, 0.25) is 0 Å². The van der Waals surface area contributed by atoms with Crippen LogP contribution in [0.3, 0.4) is 0 Å². The van der Waals surface area contributed by atoms with E-state index in [1.165, 1.54) is 0 Å². The quantitative estimate of drug-likeness (QED) is 0.682. The molecule has 0 unspecified atom stereocenters. The molecule has 0 aromatic carbocycles.